The molecule has 0 radical (unpaired) electrons. The predicted octanol–water partition coefficient (Wildman–Crippen LogP) is 2.53. The van der Waals surface area contributed by atoms with E-state index in [1.165, 1.54) is 0 Å². The molecule has 0 bridgehead atoms. The molecule has 19 heavy (non-hydrogen) atoms. The van der Waals surface area contributed by atoms with Crippen molar-refractivity contribution in [1.29, 1.82) is 0 Å². The van der Waals surface area contributed by atoms with E-state index in [-0.39, 0.29) is 11.3 Å². The number of hydrogen-bond acceptors (Lipinski definition) is 3. The summed E-state index contributed by atoms with van der Waals surface area (Å²) < 4.78 is 29.8. The van der Waals surface area contributed by atoms with Crippen molar-refractivity contribution < 1.29 is 13.0 Å². The van der Waals surface area contributed by atoms with E-state index in [4.69, 9.17) is 16.2 Å². The van der Waals surface area contributed by atoms with E-state index in [1.54, 1.807) is 0 Å². The van der Waals surface area contributed by atoms with Crippen molar-refractivity contribution in [2.45, 2.75) is 32.2 Å². The third kappa shape index (κ3) is 6.92. The lowest BCUT2D eigenvalue weighted by molar-refractivity contribution is 0.385. The highest BCUT2D eigenvalue weighted by Gasteiger charge is 2.18. The van der Waals surface area contributed by atoms with Gasteiger partial charge in [0.2, 0.25) is 0 Å². The van der Waals surface area contributed by atoms with Gasteiger partial charge in [0.1, 0.15) is 0 Å². The highest BCUT2D eigenvalue weighted by atomic mass is 35.5. The lowest BCUT2D eigenvalue weighted by Gasteiger charge is -2.27. The molecule has 0 saturated heterocycles. The third-order valence-corrected chi connectivity index (χ3v) is 3.95. The number of nitrogens with one attached hydrogen (secondary N) is 1. The zero-order chi connectivity index (χ0) is 14.5. The molecule has 1 aromatic rings. The Balaban J connectivity index is 2.46. The molecule has 0 fully saturated rings. The summed E-state index contributed by atoms with van der Waals surface area (Å²) in [6, 6.07) is 7.66. The van der Waals surface area contributed by atoms with E-state index >= 15 is 0 Å². The van der Waals surface area contributed by atoms with Gasteiger partial charge in [-0.05, 0) is 44.9 Å². The summed E-state index contributed by atoms with van der Waals surface area (Å²) in [7, 11) is -3.87. The summed E-state index contributed by atoms with van der Waals surface area (Å²) >= 11 is 6.11. The Morgan fingerprint density at radius 3 is 2.53 bits per heavy atom. The molecule has 0 atom stereocenters. The van der Waals surface area contributed by atoms with Crippen LogP contribution in [0.25, 0.3) is 0 Å². The Hall–Kier alpha value is -0.620. The Morgan fingerprint density at radius 1 is 1.32 bits per heavy atom. The quantitative estimate of drug-likeness (QED) is 0.600. The van der Waals surface area contributed by atoms with Crippen molar-refractivity contribution in [3.05, 3.63) is 34.9 Å². The van der Waals surface area contributed by atoms with Crippen LogP contribution in [0.2, 0.25) is 5.02 Å². The van der Waals surface area contributed by atoms with E-state index in [0.29, 0.717) is 13.0 Å². The smallest absolute Gasteiger partial charge is 0.264 e. The summed E-state index contributed by atoms with van der Waals surface area (Å²) in [5, 5.41) is 4.00. The molecular formula is C13H20ClNO3S. The van der Waals surface area contributed by atoms with Crippen molar-refractivity contribution in [3.8, 4) is 0 Å². The van der Waals surface area contributed by atoms with Crippen LogP contribution >= 0.6 is 11.6 Å². The fraction of sp³-hybridized carbons (Fsp3) is 0.538. The maximum atomic E-state index is 10.6. The average Bonchev–Trinajstić information content (AvgIpc) is 2.26. The molecular weight excluding hydrogens is 286 g/mol. The average molecular weight is 306 g/mol. The van der Waals surface area contributed by atoms with Gasteiger partial charge in [-0.15, -0.1) is 0 Å². The van der Waals surface area contributed by atoms with Gasteiger partial charge < -0.3 is 5.32 Å². The fourth-order valence-corrected chi connectivity index (χ4v) is 2.57. The standard InChI is InChI=1S/C13H20ClNO3S/c1-13(2,15-8-5-9-19(16,17)18)10-11-6-3-4-7-12(11)14/h3-4,6-7,15H,5,8-10H2,1-2H3,(H,16,17,18). The van der Waals surface area contributed by atoms with Crippen LogP contribution in [0.15, 0.2) is 24.3 Å². The normalized spacial score (nSPS) is 12.6. The molecule has 0 spiro atoms. The van der Waals surface area contributed by atoms with E-state index < -0.39 is 10.1 Å². The molecule has 1 aromatic carbocycles. The van der Waals surface area contributed by atoms with Crippen LogP contribution in [0.1, 0.15) is 25.8 Å². The Kier molecular flexibility index (Phi) is 5.80. The van der Waals surface area contributed by atoms with E-state index in [1.807, 2.05) is 38.1 Å². The largest absolute Gasteiger partial charge is 0.311 e. The molecule has 0 aromatic heterocycles. The molecule has 0 amide bonds. The predicted molar refractivity (Wildman–Crippen MR) is 78.3 cm³/mol. The molecule has 0 unspecified atom stereocenters. The van der Waals surface area contributed by atoms with Gasteiger partial charge in [0.15, 0.2) is 0 Å². The van der Waals surface area contributed by atoms with Crippen LogP contribution in [-0.4, -0.2) is 30.8 Å². The highest BCUT2D eigenvalue weighted by molar-refractivity contribution is 7.85. The third-order valence-electron chi connectivity index (χ3n) is 2.77. The molecule has 0 saturated carbocycles. The molecule has 0 heterocycles. The number of halogens is 1. The first-order chi connectivity index (χ1) is 8.70. The second-order valence-electron chi connectivity index (χ2n) is 5.22. The number of hydrogen-bond donors (Lipinski definition) is 2. The first kappa shape index (κ1) is 16.4. The van der Waals surface area contributed by atoms with Crippen molar-refractivity contribution in [3.63, 3.8) is 0 Å². The summed E-state index contributed by atoms with van der Waals surface area (Å²) in [6.45, 7) is 4.59. The second-order valence-corrected chi connectivity index (χ2v) is 7.20. The molecule has 0 aliphatic rings. The van der Waals surface area contributed by atoms with E-state index in [9.17, 15) is 8.42 Å². The summed E-state index contributed by atoms with van der Waals surface area (Å²) in [6.07, 6.45) is 1.13. The first-order valence-electron chi connectivity index (χ1n) is 6.13. The minimum atomic E-state index is -3.87. The molecule has 4 nitrogen and oxygen atoms in total. The van der Waals surface area contributed by atoms with Crippen LogP contribution in [0.4, 0.5) is 0 Å². The van der Waals surface area contributed by atoms with Crippen LogP contribution in [0.5, 0.6) is 0 Å². The SMILES string of the molecule is CC(C)(Cc1ccccc1Cl)NCCCS(=O)(=O)O. The Morgan fingerprint density at radius 2 is 1.95 bits per heavy atom. The van der Waals surface area contributed by atoms with Gasteiger partial charge in [-0.3, -0.25) is 4.55 Å². The zero-order valence-corrected chi connectivity index (χ0v) is 12.8. The van der Waals surface area contributed by atoms with Gasteiger partial charge >= 0.3 is 0 Å². The lowest BCUT2D eigenvalue weighted by Crippen LogP contribution is -2.42. The maximum absolute atomic E-state index is 10.6. The van der Waals surface area contributed by atoms with Gasteiger partial charge in [-0.25, -0.2) is 0 Å². The molecule has 1 rings (SSSR count). The number of benzene rings is 1. The Bertz CT molecular complexity index is 514. The van der Waals surface area contributed by atoms with Crippen LogP contribution in [0.3, 0.4) is 0 Å². The van der Waals surface area contributed by atoms with Crippen molar-refractivity contribution in [1.82, 2.24) is 5.32 Å². The molecule has 108 valence electrons. The summed E-state index contributed by atoms with van der Waals surface area (Å²) in [5.74, 6) is -0.220. The Labute approximate surface area is 119 Å². The zero-order valence-electron chi connectivity index (χ0n) is 11.2. The molecule has 0 aliphatic heterocycles. The van der Waals surface area contributed by atoms with Crippen LogP contribution in [0, 0.1) is 0 Å². The highest BCUT2D eigenvalue weighted by Crippen LogP contribution is 2.20. The molecule has 6 heteroatoms. The van der Waals surface area contributed by atoms with Crippen molar-refractivity contribution >= 4 is 21.7 Å². The van der Waals surface area contributed by atoms with Gasteiger partial charge in [-0.1, -0.05) is 29.8 Å². The van der Waals surface area contributed by atoms with Crippen LogP contribution < -0.4 is 5.32 Å². The second kappa shape index (κ2) is 6.70. The fourth-order valence-electron chi connectivity index (χ4n) is 1.86. The summed E-state index contributed by atoms with van der Waals surface area (Å²) in [5.41, 5.74) is 0.862. The monoisotopic (exact) mass is 305 g/mol. The van der Waals surface area contributed by atoms with E-state index in [2.05, 4.69) is 5.32 Å². The maximum Gasteiger partial charge on any atom is 0.264 e. The first-order valence-corrected chi connectivity index (χ1v) is 8.12. The minimum absolute atomic E-state index is 0.190. The molecule has 2 N–H and O–H groups in total. The van der Waals surface area contributed by atoms with E-state index in [0.717, 1.165) is 17.0 Å². The van der Waals surface area contributed by atoms with Crippen molar-refractivity contribution in [2.24, 2.45) is 0 Å². The van der Waals surface area contributed by atoms with Gasteiger partial charge in [0.25, 0.3) is 10.1 Å². The lowest BCUT2D eigenvalue weighted by atomic mass is 9.95. The van der Waals surface area contributed by atoms with Crippen LogP contribution in [-0.2, 0) is 16.5 Å². The van der Waals surface area contributed by atoms with Gasteiger partial charge in [-0.2, -0.15) is 8.42 Å². The van der Waals surface area contributed by atoms with Crippen molar-refractivity contribution in [2.75, 3.05) is 12.3 Å². The van der Waals surface area contributed by atoms with Gasteiger partial charge in [0, 0.05) is 10.6 Å². The summed E-state index contributed by atoms with van der Waals surface area (Å²) in [4.78, 5) is 0. The minimum Gasteiger partial charge on any atom is -0.311 e. The van der Waals surface area contributed by atoms with Gasteiger partial charge in [0.05, 0.1) is 5.75 Å². The number of rotatable bonds is 7. The molecule has 0 aliphatic carbocycles. The topological polar surface area (TPSA) is 66.4 Å².